The third kappa shape index (κ3) is 3.37. The van der Waals surface area contributed by atoms with Crippen molar-refractivity contribution < 1.29 is 9.90 Å². The highest BCUT2D eigenvalue weighted by Gasteiger charge is 2.25. The molecule has 0 bridgehead atoms. The van der Waals surface area contributed by atoms with Gasteiger partial charge in [0.15, 0.2) is 5.75 Å². The van der Waals surface area contributed by atoms with Crippen molar-refractivity contribution in [2.75, 3.05) is 17.7 Å². The first-order valence-corrected chi connectivity index (χ1v) is 8.07. The molecule has 2 aromatic carbocycles. The number of carbonyl (C=O) groups excluding carboxylic acids is 1. The molecule has 0 aliphatic heterocycles. The van der Waals surface area contributed by atoms with Crippen molar-refractivity contribution in [2.45, 2.75) is 26.8 Å². The van der Waals surface area contributed by atoms with Gasteiger partial charge >= 0.3 is 0 Å². The molecule has 8 nitrogen and oxygen atoms in total. The van der Waals surface area contributed by atoms with E-state index in [0.29, 0.717) is 0 Å². The topological polar surface area (TPSA) is 131 Å². The van der Waals surface area contributed by atoms with Gasteiger partial charge in [0.2, 0.25) is 0 Å². The minimum atomic E-state index is -0.730. The van der Waals surface area contributed by atoms with Crippen molar-refractivity contribution in [1.82, 2.24) is 5.32 Å². The average Bonchev–Trinajstić information content (AvgIpc) is 2.64. The van der Waals surface area contributed by atoms with Crippen LogP contribution in [-0.2, 0) is 0 Å². The quantitative estimate of drug-likeness (QED) is 0.455. The van der Waals surface area contributed by atoms with Gasteiger partial charge in [0.1, 0.15) is 11.4 Å². The SMILES string of the molecule is CNC(=O)c1cc(C#N)cc(Nc2c(N[C@@H](C)C(C)C)c(=O)c2=O)c1O. The zero-order valence-electron chi connectivity index (χ0n) is 14.9. The van der Waals surface area contributed by atoms with Gasteiger partial charge < -0.3 is 21.1 Å². The van der Waals surface area contributed by atoms with E-state index >= 15 is 0 Å². The summed E-state index contributed by atoms with van der Waals surface area (Å²) in [5, 5.41) is 27.5. The highest BCUT2D eigenvalue weighted by atomic mass is 16.3. The van der Waals surface area contributed by atoms with E-state index in [4.69, 9.17) is 5.26 Å². The lowest BCUT2D eigenvalue weighted by Gasteiger charge is -2.22. The highest BCUT2D eigenvalue weighted by Crippen LogP contribution is 2.33. The number of hydrogen-bond donors (Lipinski definition) is 4. The van der Waals surface area contributed by atoms with E-state index in [1.165, 1.54) is 19.2 Å². The highest BCUT2D eigenvalue weighted by molar-refractivity contribution is 5.99. The molecule has 136 valence electrons. The van der Waals surface area contributed by atoms with E-state index in [2.05, 4.69) is 16.0 Å². The summed E-state index contributed by atoms with van der Waals surface area (Å²) in [5.74, 6) is -0.777. The van der Waals surface area contributed by atoms with Crippen molar-refractivity contribution in [3.05, 3.63) is 43.7 Å². The van der Waals surface area contributed by atoms with Crippen LogP contribution in [-0.4, -0.2) is 24.1 Å². The number of rotatable bonds is 6. The van der Waals surface area contributed by atoms with Crippen molar-refractivity contribution in [3.63, 3.8) is 0 Å². The normalized spacial score (nSPS) is 11.8. The third-order valence-electron chi connectivity index (χ3n) is 4.25. The summed E-state index contributed by atoms with van der Waals surface area (Å²) in [4.78, 5) is 35.7. The minimum absolute atomic E-state index is 0.00394. The molecule has 0 aliphatic carbocycles. The molecule has 1 atom stereocenters. The summed E-state index contributed by atoms with van der Waals surface area (Å²) >= 11 is 0. The number of aromatic hydroxyl groups is 1. The van der Waals surface area contributed by atoms with Crippen LogP contribution in [0.3, 0.4) is 0 Å². The Bertz CT molecular complexity index is 965. The van der Waals surface area contributed by atoms with Gasteiger partial charge in [-0.25, -0.2) is 0 Å². The zero-order valence-corrected chi connectivity index (χ0v) is 14.9. The second-order valence-corrected chi connectivity index (χ2v) is 6.32. The van der Waals surface area contributed by atoms with Crippen molar-refractivity contribution in [2.24, 2.45) is 5.92 Å². The number of nitrogens with one attached hydrogen (secondary N) is 3. The molecule has 0 heterocycles. The summed E-state index contributed by atoms with van der Waals surface area (Å²) in [6.45, 7) is 5.81. The van der Waals surface area contributed by atoms with Gasteiger partial charge in [0.25, 0.3) is 16.8 Å². The van der Waals surface area contributed by atoms with Gasteiger partial charge in [-0.1, -0.05) is 13.8 Å². The van der Waals surface area contributed by atoms with Crippen molar-refractivity contribution in [1.29, 1.82) is 5.26 Å². The first-order chi connectivity index (χ1) is 12.2. The van der Waals surface area contributed by atoms with Crippen LogP contribution in [0.25, 0.3) is 0 Å². The molecule has 2 rings (SSSR count). The van der Waals surface area contributed by atoms with Gasteiger partial charge in [-0.15, -0.1) is 0 Å². The van der Waals surface area contributed by atoms with Crippen LogP contribution in [0.15, 0.2) is 21.7 Å². The Kier molecular flexibility index (Phi) is 5.31. The number of carbonyl (C=O) groups is 1. The summed E-state index contributed by atoms with van der Waals surface area (Å²) < 4.78 is 0. The first-order valence-electron chi connectivity index (χ1n) is 8.07. The minimum Gasteiger partial charge on any atom is -0.505 e. The lowest BCUT2D eigenvalue weighted by atomic mass is 10.0. The lowest BCUT2D eigenvalue weighted by molar-refractivity contribution is 0.0960. The van der Waals surface area contributed by atoms with Gasteiger partial charge in [0.05, 0.1) is 22.9 Å². The summed E-state index contributed by atoms with van der Waals surface area (Å²) in [5.41, 5.74) is -1.26. The smallest absolute Gasteiger partial charge is 0.254 e. The van der Waals surface area contributed by atoms with Crippen LogP contribution in [0.4, 0.5) is 17.1 Å². The van der Waals surface area contributed by atoms with E-state index in [1.807, 2.05) is 26.8 Å². The van der Waals surface area contributed by atoms with Crippen LogP contribution >= 0.6 is 0 Å². The summed E-state index contributed by atoms with van der Waals surface area (Å²) in [7, 11) is 1.39. The maximum atomic E-state index is 11.9. The molecule has 0 saturated heterocycles. The Labute approximate surface area is 150 Å². The number of nitrogens with zero attached hydrogens (tertiary/aromatic N) is 1. The zero-order chi connectivity index (χ0) is 19.6. The molecular formula is C18H20N4O4. The van der Waals surface area contributed by atoms with Crippen LogP contribution in [0, 0.1) is 17.2 Å². The predicted molar refractivity (Wildman–Crippen MR) is 98.8 cm³/mol. The standard InChI is InChI=1S/C18H20N4O4/c1-8(2)9(3)21-13-14(17(25)16(13)24)22-12-6-10(7-19)5-11(15(12)23)18(26)20-4/h5-6,8-9,21-23H,1-4H3,(H,20,26)/t9-/m0/s1. The van der Waals surface area contributed by atoms with Crippen LogP contribution in [0.5, 0.6) is 5.75 Å². The lowest BCUT2D eigenvalue weighted by Crippen LogP contribution is -2.39. The van der Waals surface area contributed by atoms with Crippen LogP contribution < -0.4 is 26.8 Å². The maximum absolute atomic E-state index is 11.9. The van der Waals surface area contributed by atoms with E-state index in [0.717, 1.165) is 0 Å². The van der Waals surface area contributed by atoms with Gasteiger partial charge in [-0.3, -0.25) is 14.4 Å². The second kappa shape index (κ2) is 7.27. The Morgan fingerprint density at radius 3 is 2.31 bits per heavy atom. The Hall–Kier alpha value is -3.34. The second-order valence-electron chi connectivity index (χ2n) is 6.32. The summed E-state index contributed by atoms with van der Waals surface area (Å²) in [6, 6.07) is 4.37. The van der Waals surface area contributed by atoms with E-state index < -0.39 is 22.5 Å². The molecule has 0 spiro atoms. The first kappa shape index (κ1) is 19.0. The molecule has 4 N–H and O–H groups in total. The number of phenols is 1. The Morgan fingerprint density at radius 2 is 1.77 bits per heavy atom. The monoisotopic (exact) mass is 356 g/mol. The van der Waals surface area contributed by atoms with Crippen LogP contribution in [0.1, 0.15) is 36.7 Å². The van der Waals surface area contributed by atoms with Crippen molar-refractivity contribution >= 4 is 23.0 Å². The number of nitriles is 1. The molecular weight excluding hydrogens is 336 g/mol. The molecule has 8 heteroatoms. The number of hydrogen-bond acceptors (Lipinski definition) is 7. The van der Waals surface area contributed by atoms with Gasteiger partial charge in [-0.2, -0.15) is 5.26 Å². The molecule has 0 saturated carbocycles. The predicted octanol–water partition coefficient (Wildman–Crippen LogP) is 1.42. The number of anilines is 3. The van der Waals surface area contributed by atoms with E-state index in [-0.39, 0.29) is 40.1 Å². The molecule has 0 fully saturated rings. The van der Waals surface area contributed by atoms with Crippen molar-refractivity contribution in [3.8, 4) is 11.8 Å². The molecule has 0 aromatic heterocycles. The Morgan fingerprint density at radius 1 is 1.15 bits per heavy atom. The fraction of sp³-hybridized carbons (Fsp3) is 0.333. The van der Waals surface area contributed by atoms with E-state index in [9.17, 15) is 19.5 Å². The average molecular weight is 356 g/mol. The largest absolute Gasteiger partial charge is 0.505 e. The molecule has 26 heavy (non-hydrogen) atoms. The number of amides is 1. The summed E-state index contributed by atoms with van der Waals surface area (Å²) in [6.07, 6.45) is 0. The number of benzene rings is 1. The molecule has 0 radical (unpaired) electrons. The Balaban J connectivity index is 2.46. The van der Waals surface area contributed by atoms with Crippen LogP contribution in [0.2, 0.25) is 0 Å². The van der Waals surface area contributed by atoms with Gasteiger partial charge in [0, 0.05) is 13.1 Å². The number of phenolic OH excluding ortho intramolecular Hbond substituents is 1. The van der Waals surface area contributed by atoms with E-state index in [1.54, 1.807) is 0 Å². The van der Waals surface area contributed by atoms with Gasteiger partial charge in [-0.05, 0) is 25.0 Å². The molecule has 1 amide bonds. The fourth-order valence-electron chi connectivity index (χ4n) is 2.28. The molecule has 2 aromatic rings. The fourth-order valence-corrected chi connectivity index (χ4v) is 2.28. The molecule has 0 aliphatic rings. The third-order valence-corrected chi connectivity index (χ3v) is 4.25. The maximum Gasteiger partial charge on any atom is 0.254 e. The molecule has 0 unspecified atom stereocenters.